The first-order chi connectivity index (χ1) is 11.6. The van der Waals surface area contributed by atoms with E-state index in [1.54, 1.807) is 31.2 Å². The number of pyridine rings is 1. The third-order valence-corrected chi connectivity index (χ3v) is 3.24. The van der Waals surface area contributed by atoms with Gasteiger partial charge in [0.1, 0.15) is 13.2 Å². The lowest BCUT2D eigenvalue weighted by atomic mass is 10.2. The van der Waals surface area contributed by atoms with E-state index in [4.69, 9.17) is 21.1 Å². The van der Waals surface area contributed by atoms with Gasteiger partial charge in [0, 0.05) is 11.2 Å². The van der Waals surface area contributed by atoms with Gasteiger partial charge in [0.25, 0.3) is 5.91 Å². The number of halogens is 1. The maximum Gasteiger partial charge on any atom is 0.325 e. The minimum Gasteiger partial charge on any atom is -0.486 e. The summed E-state index contributed by atoms with van der Waals surface area (Å²) in [6.45, 7) is 2.00. The molecule has 126 valence electrons. The van der Waals surface area contributed by atoms with Crippen LogP contribution in [0.2, 0.25) is 5.02 Å². The normalized spacial score (nSPS) is 10.1. The lowest BCUT2D eigenvalue weighted by molar-refractivity contribution is -0.141. The second-order valence-electron chi connectivity index (χ2n) is 4.75. The van der Waals surface area contributed by atoms with Crippen LogP contribution in [-0.2, 0) is 16.1 Å². The highest BCUT2D eigenvalue weighted by Gasteiger charge is 2.15. The van der Waals surface area contributed by atoms with E-state index in [0.29, 0.717) is 10.8 Å². The Kier molecular flexibility index (Phi) is 6.57. The topological polar surface area (TPSA) is 77.5 Å². The molecule has 0 bridgehead atoms. The highest BCUT2D eigenvalue weighted by molar-refractivity contribution is 6.30. The second kappa shape index (κ2) is 8.88. The van der Waals surface area contributed by atoms with Crippen LogP contribution in [0.25, 0.3) is 0 Å². The lowest BCUT2D eigenvalue weighted by Gasteiger charge is -2.11. The number of amides is 1. The van der Waals surface area contributed by atoms with Crippen molar-refractivity contribution in [2.45, 2.75) is 13.5 Å². The van der Waals surface area contributed by atoms with Crippen LogP contribution in [0.1, 0.15) is 23.0 Å². The third-order valence-electron chi connectivity index (χ3n) is 2.99. The van der Waals surface area contributed by atoms with Crippen molar-refractivity contribution in [2.24, 2.45) is 0 Å². The van der Waals surface area contributed by atoms with Crippen molar-refractivity contribution < 1.29 is 19.1 Å². The van der Waals surface area contributed by atoms with E-state index in [1.165, 1.54) is 6.20 Å². The summed E-state index contributed by atoms with van der Waals surface area (Å²) < 4.78 is 10.4. The molecule has 1 aromatic carbocycles. The Bertz CT molecular complexity index is 704. The molecule has 0 aliphatic carbocycles. The predicted molar refractivity (Wildman–Crippen MR) is 89.0 cm³/mol. The van der Waals surface area contributed by atoms with Gasteiger partial charge < -0.3 is 14.8 Å². The van der Waals surface area contributed by atoms with Crippen LogP contribution in [0.3, 0.4) is 0 Å². The third kappa shape index (κ3) is 5.24. The molecular weight excluding hydrogens is 332 g/mol. The predicted octanol–water partition coefficient (Wildman–Crippen LogP) is 2.61. The molecule has 24 heavy (non-hydrogen) atoms. The van der Waals surface area contributed by atoms with E-state index in [1.807, 2.05) is 12.1 Å². The summed E-state index contributed by atoms with van der Waals surface area (Å²) >= 11 is 5.84. The van der Waals surface area contributed by atoms with E-state index < -0.39 is 11.9 Å². The number of carbonyl (C=O) groups excluding carboxylic acids is 2. The summed E-state index contributed by atoms with van der Waals surface area (Å²) in [6.07, 6.45) is 1.48. The van der Waals surface area contributed by atoms with E-state index in [-0.39, 0.29) is 25.5 Å². The molecule has 1 aromatic heterocycles. The first-order valence-corrected chi connectivity index (χ1v) is 7.74. The van der Waals surface area contributed by atoms with Crippen LogP contribution in [0.4, 0.5) is 0 Å². The first-order valence-electron chi connectivity index (χ1n) is 7.36. The molecule has 1 N–H and O–H groups in total. The van der Waals surface area contributed by atoms with Crippen LogP contribution in [-0.4, -0.2) is 30.0 Å². The zero-order valence-electron chi connectivity index (χ0n) is 13.1. The molecule has 6 nitrogen and oxygen atoms in total. The fraction of sp³-hybridized carbons (Fsp3) is 0.235. The Morgan fingerprint density at radius 3 is 2.67 bits per heavy atom. The molecule has 1 amide bonds. The zero-order chi connectivity index (χ0) is 17.4. The van der Waals surface area contributed by atoms with Crippen LogP contribution in [0.5, 0.6) is 5.75 Å². The molecule has 0 spiro atoms. The van der Waals surface area contributed by atoms with Gasteiger partial charge in [0.2, 0.25) is 0 Å². The Labute approximate surface area is 144 Å². The molecule has 0 unspecified atom stereocenters. The van der Waals surface area contributed by atoms with Gasteiger partial charge >= 0.3 is 5.97 Å². The molecule has 2 aromatic rings. The number of esters is 1. The highest BCUT2D eigenvalue weighted by Crippen LogP contribution is 2.18. The second-order valence-corrected chi connectivity index (χ2v) is 5.19. The van der Waals surface area contributed by atoms with E-state index in [2.05, 4.69) is 10.3 Å². The van der Waals surface area contributed by atoms with Crippen LogP contribution in [0.15, 0.2) is 42.6 Å². The van der Waals surface area contributed by atoms with Crippen molar-refractivity contribution in [1.82, 2.24) is 10.3 Å². The quantitative estimate of drug-likeness (QED) is 0.778. The van der Waals surface area contributed by atoms with E-state index in [0.717, 1.165) is 5.56 Å². The van der Waals surface area contributed by atoms with Gasteiger partial charge in [0.05, 0.1) is 6.61 Å². The number of rotatable bonds is 7. The molecular formula is C17H17ClN2O4. The monoisotopic (exact) mass is 348 g/mol. The fourth-order valence-electron chi connectivity index (χ4n) is 1.87. The molecule has 0 aliphatic heterocycles. The number of hydrogen-bond acceptors (Lipinski definition) is 5. The van der Waals surface area contributed by atoms with Gasteiger partial charge in [-0.25, -0.2) is 4.98 Å². The van der Waals surface area contributed by atoms with Crippen molar-refractivity contribution in [3.8, 4) is 5.75 Å². The number of ether oxygens (including phenoxy) is 2. The average molecular weight is 349 g/mol. The van der Waals surface area contributed by atoms with Crippen molar-refractivity contribution in [3.05, 3.63) is 58.9 Å². The molecule has 0 aliphatic rings. The molecule has 0 radical (unpaired) electrons. The number of carbonyl (C=O) groups is 2. The van der Waals surface area contributed by atoms with Gasteiger partial charge in [-0.2, -0.15) is 0 Å². The average Bonchev–Trinajstić information content (AvgIpc) is 2.60. The minimum absolute atomic E-state index is 0.107. The first kappa shape index (κ1) is 17.7. The largest absolute Gasteiger partial charge is 0.486 e. The van der Waals surface area contributed by atoms with Crippen molar-refractivity contribution in [1.29, 1.82) is 0 Å². The summed E-state index contributed by atoms with van der Waals surface area (Å²) in [5.41, 5.74) is 1.01. The molecule has 0 saturated heterocycles. The number of nitrogens with one attached hydrogen (secondary N) is 1. The molecule has 0 fully saturated rings. The minimum atomic E-state index is -0.509. The number of nitrogens with zero attached hydrogens (tertiary/aromatic N) is 1. The number of hydrogen-bond donors (Lipinski definition) is 1. The summed E-state index contributed by atoms with van der Waals surface area (Å²) in [6, 6.07) is 10.5. The molecule has 0 atom stereocenters. The smallest absolute Gasteiger partial charge is 0.325 e. The van der Waals surface area contributed by atoms with Crippen molar-refractivity contribution >= 4 is 23.5 Å². The van der Waals surface area contributed by atoms with Gasteiger partial charge in [-0.1, -0.05) is 23.7 Å². The van der Waals surface area contributed by atoms with Crippen molar-refractivity contribution in [2.75, 3.05) is 13.2 Å². The molecule has 7 heteroatoms. The highest BCUT2D eigenvalue weighted by atomic mass is 35.5. The fourth-order valence-corrected chi connectivity index (χ4v) is 1.99. The molecule has 1 heterocycles. The van der Waals surface area contributed by atoms with Crippen molar-refractivity contribution in [3.63, 3.8) is 0 Å². The summed E-state index contributed by atoms with van der Waals surface area (Å²) in [7, 11) is 0. The van der Waals surface area contributed by atoms with Gasteiger partial charge in [-0.3, -0.25) is 9.59 Å². The summed E-state index contributed by atoms with van der Waals surface area (Å²) in [5, 5.41) is 3.09. The van der Waals surface area contributed by atoms with Gasteiger partial charge in [-0.15, -0.1) is 0 Å². The number of benzene rings is 1. The number of aromatic nitrogens is 1. The van der Waals surface area contributed by atoms with Gasteiger partial charge in [0.15, 0.2) is 11.4 Å². The van der Waals surface area contributed by atoms with Crippen LogP contribution in [0, 0.1) is 0 Å². The van der Waals surface area contributed by atoms with E-state index in [9.17, 15) is 9.59 Å². The molecule has 0 saturated carbocycles. The Balaban J connectivity index is 1.99. The lowest BCUT2D eigenvalue weighted by Crippen LogP contribution is -2.31. The molecule has 2 rings (SSSR count). The van der Waals surface area contributed by atoms with Crippen LogP contribution >= 0.6 is 11.6 Å². The SMILES string of the molecule is CCOC(=O)CNC(=O)c1ncccc1OCc1ccc(Cl)cc1. The Morgan fingerprint density at radius 2 is 1.96 bits per heavy atom. The maximum absolute atomic E-state index is 12.2. The Hall–Kier alpha value is -2.60. The Morgan fingerprint density at radius 1 is 1.21 bits per heavy atom. The standard InChI is InChI=1S/C17H17ClN2O4/c1-2-23-15(21)10-20-17(22)16-14(4-3-9-19-16)24-11-12-5-7-13(18)8-6-12/h3-9H,2,10-11H2,1H3,(H,20,22). The maximum atomic E-state index is 12.2. The van der Waals surface area contributed by atoms with E-state index >= 15 is 0 Å². The van der Waals surface area contributed by atoms with Gasteiger partial charge in [-0.05, 0) is 36.8 Å². The summed E-state index contributed by atoms with van der Waals surface area (Å²) in [5.74, 6) is -0.686. The zero-order valence-corrected chi connectivity index (χ0v) is 13.9. The summed E-state index contributed by atoms with van der Waals surface area (Å²) in [4.78, 5) is 27.5. The van der Waals surface area contributed by atoms with Crippen LogP contribution < -0.4 is 10.1 Å².